The minimum Gasteiger partial charge on any atom is -0.489 e. The van der Waals surface area contributed by atoms with Gasteiger partial charge in [-0.2, -0.15) is 0 Å². The second-order valence-electron chi connectivity index (χ2n) is 5.79. The van der Waals surface area contributed by atoms with Gasteiger partial charge in [-0.1, -0.05) is 30.3 Å². The molecule has 0 bridgehead atoms. The minimum atomic E-state index is -0.229. The summed E-state index contributed by atoms with van der Waals surface area (Å²) in [5.41, 5.74) is 2.07. The number of hydrogen-bond acceptors (Lipinski definition) is 3. The maximum Gasteiger partial charge on any atom is 0.124 e. The van der Waals surface area contributed by atoms with Gasteiger partial charge in [0.1, 0.15) is 18.2 Å². The largest absolute Gasteiger partial charge is 0.489 e. The molecule has 0 aromatic heterocycles. The van der Waals surface area contributed by atoms with E-state index in [-0.39, 0.29) is 5.82 Å². The van der Waals surface area contributed by atoms with Gasteiger partial charge in [0.25, 0.3) is 0 Å². The van der Waals surface area contributed by atoms with Gasteiger partial charge in [0, 0.05) is 25.3 Å². The lowest BCUT2D eigenvalue weighted by molar-refractivity contribution is 0.110. The molecule has 2 aromatic rings. The first-order valence-corrected chi connectivity index (χ1v) is 8.09. The maximum atomic E-state index is 12.9. The molecule has 1 aliphatic rings. The number of para-hydroxylation sites is 1. The van der Waals surface area contributed by atoms with Crippen LogP contribution >= 0.6 is 0 Å². The highest BCUT2D eigenvalue weighted by molar-refractivity contribution is 5.33. The van der Waals surface area contributed by atoms with Gasteiger partial charge < -0.3 is 14.8 Å². The average molecular weight is 315 g/mol. The lowest BCUT2D eigenvalue weighted by atomic mass is 10.2. The fourth-order valence-electron chi connectivity index (χ4n) is 2.71. The normalized spacial score (nSPS) is 17.3. The molecular weight excluding hydrogens is 293 g/mol. The molecule has 0 aliphatic carbocycles. The summed E-state index contributed by atoms with van der Waals surface area (Å²) in [6.07, 6.45) is 2.63. The molecule has 1 atom stereocenters. The van der Waals surface area contributed by atoms with E-state index in [1.54, 1.807) is 12.1 Å². The Labute approximate surface area is 136 Å². The summed E-state index contributed by atoms with van der Waals surface area (Å²) in [6.45, 7) is 2.93. The Hall–Kier alpha value is -1.91. The number of benzene rings is 2. The molecule has 3 nitrogen and oxygen atoms in total. The molecule has 4 heteroatoms. The van der Waals surface area contributed by atoms with Crippen molar-refractivity contribution in [3.63, 3.8) is 0 Å². The Morgan fingerprint density at radius 3 is 2.74 bits per heavy atom. The molecule has 1 saturated heterocycles. The molecule has 1 heterocycles. The van der Waals surface area contributed by atoms with E-state index in [9.17, 15) is 4.39 Å². The Morgan fingerprint density at radius 2 is 1.96 bits per heavy atom. The molecule has 0 unspecified atom stereocenters. The summed E-state index contributed by atoms with van der Waals surface area (Å²) < 4.78 is 24.4. The van der Waals surface area contributed by atoms with Crippen LogP contribution in [-0.2, 0) is 17.9 Å². The van der Waals surface area contributed by atoms with Gasteiger partial charge in [0.15, 0.2) is 0 Å². The summed E-state index contributed by atoms with van der Waals surface area (Å²) in [6, 6.07) is 14.4. The van der Waals surface area contributed by atoms with E-state index in [0.29, 0.717) is 12.7 Å². The summed E-state index contributed by atoms with van der Waals surface area (Å²) in [4.78, 5) is 0. The van der Waals surface area contributed by atoms with Gasteiger partial charge in [-0.3, -0.25) is 0 Å². The van der Waals surface area contributed by atoms with Crippen molar-refractivity contribution in [3.8, 4) is 5.75 Å². The van der Waals surface area contributed by atoms with Crippen LogP contribution < -0.4 is 10.1 Å². The molecule has 0 spiro atoms. The maximum absolute atomic E-state index is 12.9. The molecule has 122 valence electrons. The molecule has 1 aliphatic heterocycles. The fourth-order valence-corrected chi connectivity index (χ4v) is 2.71. The predicted octanol–water partition coefficient (Wildman–Crippen LogP) is 3.67. The Morgan fingerprint density at radius 1 is 1.13 bits per heavy atom. The molecule has 0 radical (unpaired) electrons. The van der Waals surface area contributed by atoms with E-state index in [0.717, 1.165) is 49.4 Å². The van der Waals surface area contributed by atoms with Crippen LogP contribution in [0.2, 0.25) is 0 Å². The summed E-state index contributed by atoms with van der Waals surface area (Å²) in [7, 11) is 0. The van der Waals surface area contributed by atoms with Crippen LogP contribution in [0.5, 0.6) is 5.75 Å². The Kier molecular flexibility index (Phi) is 5.61. The van der Waals surface area contributed by atoms with Crippen molar-refractivity contribution in [2.45, 2.75) is 32.1 Å². The van der Waals surface area contributed by atoms with Crippen LogP contribution in [0.4, 0.5) is 4.39 Å². The van der Waals surface area contributed by atoms with Crippen molar-refractivity contribution in [1.82, 2.24) is 5.32 Å². The average Bonchev–Trinajstić information content (AvgIpc) is 3.09. The van der Waals surface area contributed by atoms with Crippen molar-refractivity contribution in [2.24, 2.45) is 0 Å². The quantitative estimate of drug-likeness (QED) is 0.845. The minimum absolute atomic E-state index is 0.229. The molecule has 1 N–H and O–H groups in total. The van der Waals surface area contributed by atoms with Gasteiger partial charge in [0.2, 0.25) is 0 Å². The second kappa shape index (κ2) is 8.09. The SMILES string of the molecule is Fc1ccc(COc2ccccc2CNC[C@@H]2CCCO2)cc1. The third kappa shape index (κ3) is 4.78. The zero-order chi connectivity index (χ0) is 15.9. The molecule has 0 saturated carbocycles. The third-order valence-electron chi connectivity index (χ3n) is 3.99. The van der Waals surface area contributed by atoms with E-state index in [1.165, 1.54) is 12.1 Å². The van der Waals surface area contributed by atoms with Gasteiger partial charge in [-0.05, 0) is 36.6 Å². The summed E-state index contributed by atoms with van der Waals surface area (Å²) in [5, 5.41) is 3.44. The van der Waals surface area contributed by atoms with E-state index in [4.69, 9.17) is 9.47 Å². The first-order chi connectivity index (χ1) is 11.3. The van der Waals surface area contributed by atoms with Crippen molar-refractivity contribution >= 4 is 0 Å². The van der Waals surface area contributed by atoms with Crippen LogP contribution in [0.1, 0.15) is 24.0 Å². The third-order valence-corrected chi connectivity index (χ3v) is 3.99. The van der Waals surface area contributed by atoms with Crippen LogP contribution in [0.25, 0.3) is 0 Å². The first kappa shape index (κ1) is 16.0. The molecule has 2 aromatic carbocycles. The Balaban J connectivity index is 1.53. The molecule has 3 rings (SSSR count). The number of nitrogens with one attached hydrogen (secondary N) is 1. The van der Waals surface area contributed by atoms with E-state index in [1.807, 2.05) is 18.2 Å². The van der Waals surface area contributed by atoms with Gasteiger partial charge in [-0.15, -0.1) is 0 Å². The van der Waals surface area contributed by atoms with Crippen LogP contribution in [-0.4, -0.2) is 19.3 Å². The van der Waals surface area contributed by atoms with Crippen molar-refractivity contribution in [2.75, 3.05) is 13.2 Å². The van der Waals surface area contributed by atoms with E-state index < -0.39 is 0 Å². The number of hydrogen-bond donors (Lipinski definition) is 1. The fraction of sp³-hybridized carbons (Fsp3) is 0.368. The zero-order valence-electron chi connectivity index (χ0n) is 13.1. The predicted molar refractivity (Wildman–Crippen MR) is 87.9 cm³/mol. The van der Waals surface area contributed by atoms with Gasteiger partial charge in [-0.25, -0.2) is 4.39 Å². The molecule has 0 amide bonds. The number of halogens is 1. The Bertz CT molecular complexity index is 609. The molecule has 1 fully saturated rings. The smallest absolute Gasteiger partial charge is 0.124 e. The van der Waals surface area contributed by atoms with Crippen molar-refractivity contribution in [1.29, 1.82) is 0 Å². The van der Waals surface area contributed by atoms with Gasteiger partial charge >= 0.3 is 0 Å². The monoisotopic (exact) mass is 315 g/mol. The standard InChI is InChI=1S/C19H22FNO2/c20-17-9-7-15(8-10-17)14-23-19-6-2-1-4-16(19)12-21-13-18-5-3-11-22-18/h1-2,4,6-10,18,21H,3,5,11-14H2/t18-/m0/s1. The highest BCUT2D eigenvalue weighted by Gasteiger charge is 2.14. The van der Waals surface area contributed by atoms with Crippen molar-refractivity contribution < 1.29 is 13.9 Å². The number of rotatable bonds is 7. The van der Waals surface area contributed by atoms with Crippen molar-refractivity contribution in [3.05, 3.63) is 65.5 Å². The highest BCUT2D eigenvalue weighted by Crippen LogP contribution is 2.20. The van der Waals surface area contributed by atoms with Crippen LogP contribution in [0.15, 0.2) is 48.5 Å². The lowest BCUT2D eigenvalue weighted by Gasteiger charge is -2.14. The topological polar surface area (TPSA) is 30.5 Å². The first-order valence-electron chi connectivity index (χ1n) is 8.09. The molecule has 23 heavy (non-hydrogen) atoms. The highest BCUT2D eigenvalue weighted by atomic mass is 19.1. The lowest BCUT2D eigenvalue weighted by Crippen LogP contribution is -2.25. The van der Waals surface area contributed by atoms with E-state index in [2.05, 4.69) is 11.4 Å². The molecular formula is C19H22FNO2. The zero-order valence-corrected chi connectivity index (χ0v) is 13.1. The second-order valence-corrected chi connectivity index (χ2v) is 5.79. The van der Waals surface area contributed by atoms with Crippen LogP contribution in [0.3, 0.4) is 0 Å². The van der Waals surface area contributed by atoms with Crippen LogP contribution in [0, 0.1) is 5.82 Å². The summed E-state index contributed by atoms with van der Waals surface area (Å²) in [5.74, 6) is 0.629. The van der Waals surface area contributed by atoms with E-state index >= 15 is 0 Å². The number of ether oxygens (including phenoxy) is 2. The van der Waals surface area contributed by atoms with Gasteiger partial charge in [0.05, 0.1) is 6.10 Å². The summed E-state index contributed by atoms with van der Waals surface area (Å²) >= 11 is 0.